The Kier molecular flexibility index (Phi) is 20.4. The van der Waals surface area contributed by atoms with Gasteiger partial charge in [0.05, 0.1) is 67.5 Å². The molecule has 7 saturated heterocycles. The van der Waals surface area contributed by atoms with Gasteiger partial charge in [0.2, 0.25) is 17.7 Å². The highest BCUT2D eigenvalue weighted by atomic mass is 35.5. The van der Waals surface area contributed by atoms with Gasteiger partial charge in [-0.2, -0.15) is 9.97 Å². The first-order chi connectivity index (χ1) is 55.9. The van der Waals surface area contributed by atoms with E-state index in [0.29, 0.717) is 128 Å². The van der Waals surface area contributed by atoms with Gasteiger partial charge in [-0.1, -0.05) is 120 Å². The number of benzene rings is 6. The van der Waals surface area contributed by atoms with Gasteiger partial charge in [-0.3, -0.25) is 34.2 Å². The number of fused-ring (bicyclic) bond motifs is 9. The van der Waals surface area contributed by atoms with Crippen molar-refractivity contribution in [1.29, 1.82) is 0 Å². The average molecular weight is 1640 g/mol. The fourth-order valence-electron chi connectivity index (χ4n) is 17.6. The number of rotatable bonds is 13. The van der Waals surface area contributed by atoms with Crippen LogP contribution in [0.5, 0.6) is 6.01 Å². The molecule has 7 fully saturated rings. The summed E-state index contributed by atoms with van der Waals surface area (Å²) in [5, 5.41) is 4.10. The summed E-state index contributed by atoms with van der Waals surface area (Å²) < 4.78 is 125. The molecule has 12 aromatic rings. The highest BCUT2D eigenvalue weighted by molar-refractivity contribution is 6.38. The number of hydrogen-bond acceptors (Lipinski definition) is 17. The highest BCUT2D eigenvalue weighted by Gasteiger charge is 2.52. The van der Waals surface area contributed by atoms with Crippen molar-refractivity contribution in [2.75, 3.05) is 74.2 Å². The van der Waals surface area contributed by atoms with Gasteiger partial charge in [0.15, 0.2) is 17.5 Å². The molecule has 0 bridgehead atoms. The Morgan fingerprint density at radius 2 is 0.948 bits per heavy atom. The van der Waals surface area contributed by atoms with Gasteiger partial charge in [0.1, 0.15) is 99.6 Å². The van der Waals surface area contributed by atoms with Gasteiger partial charge in [-0.05, 0) is 99.7 Å². The lowest BCUT2D eigenvalue weighted by molar-refractivity contribution is -0.128. The van der Waals surface area contributed by atoms with Gasteiger partial charge in [0.25, 0.3) is 0 Å². The topological polar surface area (TPSA) is 199 Å². The number of alkyl halides is 2. The number of hydrogen-bond donors (Lipinski definition) is 0. The lowest BCUT2D eigenvalue weighted by atomic mass is 9.96. The molecular formula is C85H71Cl3F8N16O4. The van der Waals surface area contributed by atoms with E-state index in [-0.39, 0.29) is 134 Å². The molecule has 0 spiro atoms. The first-order valence-corrected chi connectivity index (χ1v) is 38.9. The monoisotopic (exact) mass is 1640 g/mol. The van der Waals surface area contributed by atoms with Gasteiger partial charge >= 0.3 is 6.01 Å². The molecule has 592 valence electrons. The maximum atomic E-state index is 16.6. The third-order valence-electron chi connectivity index (χ3n) is 23.2. The van der Waals surface area contributed by atoms with E-state index >= 15 is 13.2 Å². The summed E-state index contributed by atoms with van der Waals surface area (Å²) in [6.45, 7) is 12.2. The fraction of sp³-hybridized carbons (Fsp3) is 0.294. The van der Waals surface area contributed by atoms with Crippen molar-refractivity contribution in [2.45, 2.75) is 101 Å². The smallest absolute Gasteiger partial charge is 0.319 e. The molecule has 20 nitrogen and oxygen atoms in total. The van der Waals surface area contributed by atoms with Crippen molar-refractivity contribution in [3.8, 4) is 39.8 Å². The molecule has 0 N–H and O–H groups in total. The minimum atomic E-state index is -1.34. The SMILES string of the molecule is C/C=C/C(=O)N1CC[C@@H]2[C@H]1CN2c1ncnc2c(F)c(-c3cccc4ccc(F)c(Cl)c34)ncc12.C=CC(=O)N1CC[C@@H]2[C@H]1CN2c1nc(OC[C@@H]2CC(C)(F)CN2C)nc2c(F)c(-c3cccc4ccc(F)c(Cl)c34)ncc12.CC(F)/C=C/C(=O)N1CC[C@@H]2[C@H]1CN2c1ncnc2c(F)c(-c3cccc4ccc(F)c(Cl)c34)ncc12. The van der Waals surface area contributed by atoms with Gasteiger partial charge < -0.3 is 34.1 Å². The second-order valence-electron chi connectivity index (χ2n) is 30.1. The maximum absolute atomic E-state index is 16.6. The Morgan fingerprint density at radius 1 is 0.543 bits per heavy atom. The molecule has 7 aliphatic rings. The van der Waals surface area contributed by atoms with Crippen molar-refractivity contribution < 1.29 is 54.2 Å². The molecule has 3 amide bonds. The van der Waals surface area contributed by atoms with Crippen molar-refractivity contribution in [3.63, 3.8) is 0 Å². The number of carbonyl (C=O) groups excluding carboxylic acids is 3. The number of carbonyl (C=O) groups is 3. The van der Waals surface area contributed by atoms with Crippen LogP contribution in [0.3, 0.4) is 0 Å². The minimum Gasteiger partial charge on any atom is -0.462 e. The molecule has 6 aromatic carbocycles. The molecule has 0 saturated carbocycles. The van der Waals surface area contributed by atoms with E-state index in [1.165, 1.54) is 68.4 Å². The zero-order chi connectivity index (χ0) is 81.0. The summed E-state index contributed by atoms with van der Waals surface area (Å²) >= 11 is 18.9. The van der Waals surface area contributed by atoms with Crippen LogP contribution in [0, 0.1) is 34.9 Å². The number of halogens is 11. The minimum absolute atomic E-state index is 0.00901. The lowest BCUT2D eigenvalue weighted by Crippen LogP contribution is -2.63. The van der Waals surface area contributed by atoms with Crippen LogP contribution in [0.1, 0.15) is 46.5 Å². The fourth-order valence-corrected chi connectivity index (χ4v) is 18.4. The van der Waals surface area contributed by atoms with Crippen molar-refractivity contribution in [2.24, 2.45) is 0 Å². The van der Waals surface area contributed by atoms with Crippen molar-refractivity contribution in [1.82, 2.24) is 64.5 Å². The number of allylic oxidation sites excluding steroid dienone is 2. The van der Waals surface area contributed by atoms with Gasteiger partial charge in [-0.25, -0.2) is 55.1 Å². The van der Waals surface area contributed by atoms with E-state index < -0.39 is 46.7 Å². The molecule has 0 radical (unpaired) electrons. The largest absolute Gasteiger partial charge is 0.462 e. The first kappa shape index (κ1) is 77.3. The van der Waals surface area contributed by atoms with Crippen LogP contribution in [0.15, 0.2) is 159 Å². The normalized spacial score (nSPS) is 21.8. The quantitative estimate of drug-likeness (QED) is 0.0779. The second kappa shape index (κ2) is 30.7. The third-order valence-corrected chi connectivity index (χ3v) is 24.3. The van der Waals surface area contributed by atoms with E-state index in [2.05, 4.69) is 51.4 Å². The number of nitrogens with zero attached hydrogens (tertiary/aromatic N) is 16. The lowest BCUT2D eigenvalue weighted by Gasteiger charge is -2.47. The summed E-state index contributed by atoms with van der Waals surface area (Å²) in [5.41, 5.74) is -0.0304. The standard InChI is InChI=1S/C32H30ClF3N6O2.C27H21ClF3N5O.C26H20ClF2N5O/c1-4-24(43)41-11-10-22-23(41)14-42(22)30-20-13-37-28(19-7-5-6-17-8-9-21(34)26(33)25(17)19)27(35)29(20)38-31(39-30)44-15-18-12-32(2,36)16-40(18)3;1-14(29)5-8-21(37)35-10-9-19-20(35)12-36(19)27-17-11-32-25(24(31)26(17)33-13-34-27)16-4-2-3-15-6-7-18(30)23(28)22(15)16;1-2-4-20(35)33-10-9-18-19(33)12-34(18)26-16-11-30-24(23(29)25(16)31-13-32-26)15-6-3-5-14-7-8-17(28)22(27)21(14)15/h4-9,13,18,22-23H,1,10-12,14-16H2,2-3H3;2-8,11,13-14,19-20H,9-10,12H2,1H3;2-8,11,13,18-19H,9-10,12H2,1H3/b;8-5+;4-2+/t18-,22+,23+,32?;14?,19-,20-;18-,19-/m011/s1. The Balaban J connectivity index is 0.000000126. The number of ether oxygens (including phenoxy) is 1. The summed E-state index contributed by atoms with van der Waals surface area (Å²) in [5.74, 6) is -2.57. The molecule has 0 aliphatic carbocycles. The molecule has 19 rings (SSSR count). The summed E-state index contributed by atoms with van der Waals surface area (Å²) in [6.07, 6.45) is 15.7. The molecule has 2 unspecified atom stereocenters. The molecular weight excluding hydrogens is 1570 g/mol. The zero-order valence-corrected chi connectivity index (χ0v) is 65.0. The van der Waals surface area contributed by atoms with Crippen LogP contribution < -0.4 is 19.4 Å². The van der Waals surface area contributed by atoms with Crippen LogP contribution in [-0.4, -0.2) is 196 Å². The first-order valence-electron chi connectivity index (χ1n) is 37.8. The van der Waals surface area contributed by atoms with Gasteiger partial charge in [-0.15, -0.1) is 0 Å². The number of likely N-dealkylation sites (N-methyl/N-ethyl adjacent to an activating group) is 1. The molecule has 7 aliphatic heterocycles. The Labute approximate surface area is 673 Å². The summed E-state index contributed by atoms with van der Waals surface area (Å²) in [7, 11) is 1.83. The third kappa shape index (κ3) is 13.5. The van der Waals surface area contributed by atoms with Gasteiger partial charge in [0, 0.05) is 116 Å². The Morgan fingerprint density at radius 3 is 1.35 bits per heavy atom. The number of aromatic nitrogens is 9. The van der Waals surface area contributed by atoms with E-state index in [0.717, 1.165) is 12.8 Å². The van der Waals surface area contributed by atoms with Crippen molar-refractivity contribution >= 4 is 135 Å². The summed E-state index contributed by atoms with van der Waals surface area (Å²) in [4.78, 5) is 90.3. The van der Waals surface area contributed by atoms with Crippen LogP contribution in [-0.2, 0) is 14.4 Å². The van der Waals surface area contributed by atoms with E-state index in [9.17, 15) is 36.3 Å². The van der Waals surface area contributed by atoms with Crippen LogP contribution in [0.25, 0.3) is 98.8 Å². The predicted octanol–water partition coefficient (Wildman–Crippen LogP) is 16.2. The molecule has 13 heterocycles. The van der Waals surface area contributed by atoms with E-state index in [1.807, 2.05) is 33.6 Å². The maximum Gasteiger partial charge on any atom is 0.319 e. The number of pyridine rings is 3. The van der Waals surface area contributed by atoms with Crippen LogP contribution in [0.4, 0.5) is 52.6 Å². The number of anilines is 3. The van der Waals surface area contributed by atoms with Crippen molar-refractivity contribution in [3.05, 3.63) is 209 Å². The van der Waals surface area contributed by atoms with E-state index in [1.54, 1.807) is 108 Å². The summed E-state index contributed by atoms with van der Waals surface area (Å²) in [6, 6.07) is 24.0. The molecule has 116 heavy (non-hydrogen) atoms. The average Bonchev–Trinajstić information content (AvgIpc) is 1.39. The van der Waals surface area contributed by atoms with Crippen LogP contribution in [0.2, 0.25) is 15.1 Å². The zero-order valence-electron chi connectivity index (χ0n) is 62.7. The second-order valence-corrected chi connectivity index (χ2v) is 31.3. The number of amides is 3. The Hall–Kier alpha value is -11.3. The number of likely N-dealkylation sites (tertiary alicyclic amines) is 4. The van der Waals surface area contributed by atoms with Crippen LogP contribution >= 0.6 is 34.8 Å². The predicted molar refractivity (Wildman–Crippen MR) is 430 cm³/mol. The van der Waals surface area contributed by atoms with E-state index in [4.69, 9.17) is 44.5 Å². The Bertz CT molecular complexity index is 6130. The highest BCUT2D eigenvalue weighted by Crippen LogP contribution is 2.47. The molecule has 31 heteroatoms. The molecule has 9 atom stereocenters. The molecule has 6 aromatic heterocycles.